The van der Waals surface area contributed by atoms with Gasteiger partial charge in [0, 0.05) is 60.8 Å². The van der Waals surface area contributed by atoms with Gasteiger partial charge in [0.15, 0.2) is 0 Å². The average Bonchev–Trinajstić information content (AvgIpc) is 3.30. The number of aromatic nitrogens is 3. The van der Waals surface area contributed by atoms with E-state index >= 15 is 0 Å². The van der Waals surface area contributed by atoms with Crippen molar-refractivity contribution in [2.24, 2.45) is 0 Å². The second-order valence-electron chi connectivity index (χ2n) is 7.13. The lowest BCUT2D eigenvalue weighted by Crippen LogP contribution is -2.20. The van der Waals surface area contributed by atoms with Crippen LogP contribution in [0.15, 0.2) is 36.7 Å². The van der Waals surface area contributed by atoms with E-state index in [4.69, 9.17) is 4.74 Å². The first-order valence-corrected chi connectivity index (χ1v) is 9.28. The van der Waals surface area contributed by atoms with E-state index in [1.807, 2.05) is 25.5 Å². The minimum Gasteiger partial charge on any atom is -0.376 e. The van der Waals surface area contributed by atoms with Crippen LogP contribution in [0.1, 0.15) is 24.1 Å². The lowest BCUT2D eigenvalue weighted by atomic mass is 10.2. The molecule has 2 aromatic heterocycles. The molecule has 7 heteroatoms. The maximum absolute atomic E-state index is 13.3. The summed E-state index contributed by atoms with van der Waals surface area (Å²) in [4.78, 5) is 14.3. The van der Waals surface area contributed by atoms with E-state index in [9.17, 15) is 4.39 Å². The molecule has 1 aliphatic rings. The molecule has 3 heterocycles. The third-order valence-corrected chi connectivity index (χ3v) is 4.75. The van der Waals surface area contributed by atoms with Gasteiger partial charge in [0.05, 0.1) is 6.10 Å². The third-order valence-electron chi connectivity index (χ3n) is 4.75. The van der Waals surface area contributed by atoms with E-state index in [1.165, 1.54) is 6.07 Å². The first kappa shape index (κ1) is 17.9. The van der Waals surface area contributed by atoms with Gasteiger partial charge in [0.1, 0.15) is 5.82 Å². The summed E-state index contributed by atoms with van der Waals surface area (Å²) in [7, 11) is 2.04. The summed E-state index contributed by atoms with van der Waals surface area (Å²) in [5, 5.41) is 4.12. The van der Waals surface area contributed by atoms with Crippen molar-refractivity contribution < 1.29 is 9.13 Å². The summed E-state index contributed by atoms with van der Waals surface area (Å²) in [5.41, 5.74) is 3.04. The Morgan fingerprint density at radius 1 is 1.26 bits per heavy atom. The van der Waals surface area contributed by atoms with E-state index in [0.717, 1.165) is 61.2 Å². The molecule has 3 aromatic rings. The Morgan fingerprint density at radius 2 is 2.11 bits per heavy atom. The fraction of sp³-hybridized carbons (Fsp3) is 0.400. The highest BCUT2D eigenvalue weighted by Gasteiger charge is 2.15. The summed E-state index contributed by atoms with van der Waals surface area (Å²) in [5.74, 6) is 0.418. The molecule has 4 rings (SSSR count). The maximum atomic E-state index is 13.3. The van der Waals surface area contributed by atoms with Crippen LogP contribution in [0.3, 0.4) is 0 Å². The van der Waals surface area contributed by atoms with E-state index in [1.54, 1.807) is 12.1 Å². The molecule has 6 nitrogen and oxygen atoms in total. The second kappa shape index (κ2) is 8.02. The number of ether oxygens (including phenoxy) is 1. The van der Waals surface area contributed by atoms with Crippen molar-refractivity contribution in [3.05, 3.63) is 53.7 Å². The van der Waals surface area contributed by atoms with Crippen molar-refractivity contribution in [1.29, 1.82) is 0 Å². The smallest absolute Gasteiger partial charge is 0.222 e. The first-order valence-electron chi connectivity index (χ1n) is 9.28. The van der Waals surface area contributed by atoms with Crippen LogP contribution in [-0.2, 0) is 17.8 Å². The van der Waals surface area contributed by atoms with Crippen molar-refractivity contribution in [3.8, 4) is 0 Å². The van der Waals surface area contributed by atoms with Crippen LogP contribution in [0.5, 0.6) is 0 Å². The molecule has 2 N–H and O–H groups in total. The van der Waals surface area contributed by atoms with Crippen LogP contribution in [0.25, 0.3) is 10.9 Å². The molecule has 0 spiro atoms. The molecule has 0 bridgehead atoms. The minimum absolute atomic E-state index is 0.216. The van der Waals surface area contributed by atoms with Gasteiger partial charge in [-0.2, -0.15) is 0 Å². The second-order valence-corrected chi connectivity index (χ2v) is 7.13. The van der Waals surface area contributed by atoms with E-state index in [0.29, 0.717) is 5.95 Å². The van der Waals surface area contributed by atoms with E-state index < -0.39 is 0 Å². The van der Waals surface area contributed by atoms with Gasteiger partial charge < -0.3 is 15.0 Å². The van der Waals surface area contributed by atoms with Crippen molar-refractivity contribution in [1.82, 2.24) is 19.9 Å². The van der Waals surface area contributed by atoms with E-state index in [-0.39, 0.29) is 11.9 Å². The molecule has 0 aliphatic carbocycles. The Kier molecular flexibility index (Phi) is 5.31. The van der Waals surface area contributed by atoms with Crippen molar-refractivity contribution in [2.75, 3.05) is 25.5 Å². The lowest BCUT2D eigenvalue weighted by molar-refractivity contribution is 0.120. The Labute approximate surface area is 157 Å². The van der Waals surface area contributed by atoms with Gasteiger partial charge >= 0.3 is 0 Å². The Morgan fingerprint density at radius 3 is 2.89 bits per heavy atom. The molecule has 142 valence electrons. The van der Waals surface area contributed by atoms with Crippen molar-refractivity contribution in [3.63, 3.8) is 0 Å². The SMILES string of the molecule is CN(Cc1cnc(NC[C@@H]2CCCO2)nc1)Cc1cc2cc(F)ccc2[nH]1. The average molecular weight is 369 g/mol. The zero-order valence-corrected chi connectivity index (χ0v) is 15.4. The normalized spacial score (nSPS) is 17.1. The fourth-order valence-electron chi connectivity index (χ4n) is 3.45. The Hall–Kier alpha value is -2.51. The number of hydrogen-bond acceptors (Lipinski definition) is 5. The number of hydrogen-bond donors (Lipinski definition) is 2. The van der Waals surface area contributed by atoms with Crippen LogP contribution < -0.4 is 5.32 Å². The number of benzene rings is 1. The number of rotatable bonds is 7. The molecule has 0 saturated carbocycles. The van der Waals surface area contributed by atoms with Gasteiger partial charge in [-0.05, 0) is 44.2 Å². The quantitative estimate of drug-likeness (QED) is 0.669. The summed E-state index contributed by atoms with van der Waals surface area (Å²) in [6.45, 7) is 3.06. The zero-order valence-electron chi connectivity index (χ0n) is 15.4. The standard InChI is InChI=1S/C20H24FN5O/c1-26(13-17-8-15-7-16(21)4-5-19(15)25-17)12-14-9-22-20(23-10-14)24-11-18-3-2-6-27-18/h4-5,7-10,18,25H,2-3,6,11-13H2,1H3,(H,22,23,24)/t18-/m0/s1. The number of nitrogens with zero attached hydrogens (tertiary/aromatic N) is 3. The van der Waals surface area contributed by atoms with Crippen LogP contribution in [0.4, 0.5) is 10.3 Å². The van der Waals surface area contributed by atoms with E-state index in [2.05, 4.69) is 25.2 Å². The monoisotopic (exact) mass is 369 g/mol. The van der Waals surface area contributed by atoms with Crippen LogP contribution >= 0.6 is 0 Å². The highest BCUT2D eigenvalue weighted by Crippen LogP contribution is 2.18. The number of H-pyrrole nitrogens is 1. The maximum Gasteiger partial charge on any atom is 0.222 e. The zero-order chi connectivity index (χ0) is 18.6. The van der Waals surface area contributed by atoms with Crippen molar-refractivity contribution in [2.45, 2.75) is 32.0 Å². The molecular formula is C20H24FN5O. The molecule has 27 heavy (non-hydrogen) atoms. The molecule has 0 amide bonds. The molecule has 1 aliphatic heterocycles. The number of aromatic amines is 1. The van der Waals surface area contributed by atoms with Gasteiger partial charge in [0.25, 0.3) is 0 Å². The third kappa shape index (κ3) is 4.61. The largest absolute Gasteiger partial charge is 0.376 e. The minimum atomic E-state index is -0.216. The number of anilines is 1. The van der Waals surface area contributed by atoms with Crippen LogP contribution in [0, 0.1) is 5.82 Å². The Balaban J connectivity index is 1.30. The molecule has 0 unspecified atom stereocenters. The molecule has 1 saturated heterocycles. The van der Waals surface area contributed by atoms with Gasteiger partial charge in [-0.15, -0.1) is 0 Å². The molecule has 0 radical (unpaired) electrons. The number of halogens is 1. The van der Waals surface area contributed by atoms with Crippen LogP contribution in [-0.4, -0.2) is 46.2 Å². The summed E-state index contributed by atoms with van der Waals surface area (Å²) >= 11 is 0. The highest BCUT2D eigenvalue weighted by molar-refractivity contribution is 5.80. The Bertz CT molecular complexity index is 889. The molecule has 1 atom stereocenters. The van der Waals surface area contributed by atoms with Gasteiger partial charge in [0.2, 0.25) is 5.95 Å². The summed E-state index contributed by atoms with van der Waals surface area (Å²) < 4.78 is 18.9. The number of nitrogens with one attached hydrogen (secondary N) is 2. The first-order chi connectivity index (χ1) is 13.2. The van der Waals surface area contributed by atoms with Gasteiger partial charge in [-0.1, -0.05) is 0 Å². The molecule has 1 aromatic carbocycles. The van der Waals surface area contributed by atoms with Crippen molar-refractivity contribution >= 4 is 16.9 Å². The summed E-state index contributed by atoms with van der Waals surface area (Å²) in [6, 6.07) is 6.78. The predicted octanol–water partition coefficient (Wildman–Crippen LogP) is 3.32. The summed E-state index contributed by atoms with van der Waals surface area (Å²) in [6.07, 6.45) is 6.19. The highest BCUT2D eigenvalue weighted by atomic mass is 19.1. The topological polar surface area (TPSA) is 66.1 Å². The fourth-order valence-corrected chi connectivity index (χ4v) is 3.45. The molecular weight excluding hydrogens is 345 g/mol. The van der Waals surface area contributed by atoms with Crippen LogP contribution in [0.2, 0.25) is 0 Å². The number of fused-ring (bicyclic) bond motifs is 1. The molecule has 1 fully saturated rings. The van der Waals surface area contributed by atoms with Gasteiger partial charge in [-0.3, -0.25) is 4.90 Å². The predicted molar refractivity (Wildman–Crippen MR) is 103 cm³/mol. The van der Waals surface area contributed by atoms with Gasteiger partial charge in [-0.25, -0.2) is 14.4 Å². The lowest BCUT2D eigenvalue weighted by Gasteiger charge is -2.16.